The Hall–Kier alpha value is -0.110. The van der Waals surface area contributed by atoms with Gasteiger partial charge in [-0.25, -0.2) is 4.39 Å². The first-order chi connectivity index (χ1) is 5.84. The Kier molecular flexibility index (Phi) is 4.59. The van der Waals surface area contributed by atoms with Gasteiger partial charge in [0.05, 0.1) is 0 Å². The summed E-state index contributed by atoms with van der Waals surface area (Å²) in [6, 6.07) is 0. The molecule has 0 saturated carbocycles. The van der Waals surface area contributed by atoms with Crippen LogP contribution >= 0.6 is 0 Å². The van der Waals surface area contributed by atoms with Crippen molar-refractivity contribution in [1.82, 2.24) is 5.32 Å². The molecule has 2 unspecified atom stereocenters. The van der Waals surface area contributed by atoms with E-state index in [0.29, 0.717) is 5.92 Å². The van der Waals surface area contributed by atoms with E-state index in [9.17, 15) is 4.39 Å². The minimum Gasteiger partial charge on any atom is -0.316 e. The van der Waals surface area contributed by atoms with Gasteiger partial charge in [0.15, 0.2) is 0 Å². The maximum absolute atomic E-state index is 13.4. The molecule has 1 aliphatic heterocycles. The molecule has 1 rings (SSSR count). The molecule has 0 aromatic carbocycles. The van der Waals surface area contributed by atoms with Crippen LogP contribution in [-0.4, -0.2) is 19.3 Å². The molecular weight excluding hydrogens is 153 g/mol. The lowest BCUT2D eigenvalue weighted by Gasteiger charge is -2.25. The zero-order valence-corrected chi connectivity index (χ0v) is 7.98. The van der Waals surface area contributed by atoms with E-state index in [-0.39, 0.29) is 0 Å². The van der Waals surface area contributed by atoms with Crippen molar-refractivity contribution < 1.29 is 4.39 Å². The molecule has 0 bridgehead atoms. The van der Waals surface area contributed by atoms with Crippen molar-refractivity contribution in [1.29, 1.82) is 0 Å². The summed E-state index contributed by atoms with van der Waals surface area (Å²) in [4.78, 5) is 0. The van der Waals surface area contributed by atoms with E-state index in [2.05, 4.69) is 12.2 Å². The van der Waals surface area contributed by atoms with Crippen LogP contribution in [0.3, 0.4) is 0 Å². The molecule has 1 heterocycles. The third-order valence-electron chi connectivity index (χ3n) is 2.68. The lowest BCUT2D eigenvalue weighted by molar-refractivity contribution is 0.178. The van der Waals surface area contributed by atoms with E-state index >= 15 is 0 Å². The normalized spacial score (nSPS) is 27.0. The summed E-state index contributed by atoms with van der Waals surface area (Å²) in [5.41, 5.74) is 0. The van der Waals surface area contributed by atoms with Crippen LogP contribution in [0.1, 0.15) is 39.0 Å². The van der Waals surface area contributed by atoms with Gasteiger partial charge in [-0.1, -0.05) is 19.8 Å². The van der Waals surface area contributed by atoms with Crippen LogP contribution in [0.25, 0.3) is 0 Å². The van der Waals surface area contributed by atoms with Crippen molar-refractivity contribution in [2.45, 2.75) is 45.2 Å². The molecule has 0 spiro atoms. The van der Waals surface area contributed by atoms with E-state index in [1.54, 1.807) is 0 Å². The van der Waals surface area contributed by atoms with Crippen LogP contribution < -0.4 is 5.32 Å². The maximum atomic E-state index is 13.4. The topological polar surface area (TPSA) is 12.0 Å². The Morgan fingerprint density at radius 2 is 2.42 bits per heavy atom. The van der Waals surface area contributed by atoms with Crippen molar-refractivity contribution in [2.24, 2.45) is 5.92 Å². The number of nitrogens with one attached hydrogen (secondary N) is 1. The first kappa shape index (κ1) is 9.97. The fourth-order valence-corrected chi connectivity index (χ4v) is 1.82. The number of unbranched alkanes of at least 4 members (excludes halogenated alkanes) is 1. The fourth-order valence-electron chi connectivity index (χ4n) is 1.82. The average molecular weight is 173 g/mol. The number of halogens is 1. The molecule has 1 saturated heterocycles. The predicted molar refractivity (Wildman–Crippen MR) is 50.0 cm³/mol. The second kappa shape index (κ2) is 5.52. The Morgan fingerprint density at radius 3 is 3.00 bits per heavy atom. The van der Waals surface area contributed by atoms with E-state index in [1.165, 1.54) is 0 Å². The number of hydrogen-bond donors (Lipinski definition) is 1. The second-order valence-corrected chi connectivity index (χ2v) is 3.76. The molecule has 0 radical (unpaired) electrons. The molecule has 0 aromatic heterocycles. The zero-order chi connectivity index (χ0) is 8.81. The number of alkyl halides is 1. The van der Waals surface area contributed by atoms with E-state index < -0.39 is 6.17 Å². The quantitative estimate of drug-likeness (QED) is 0.688. The van der Waals surface area contributed by atoms with Crippen LogP contribution in [0.2, 0.25) is 0 Å². The summed E-state index contributed by atoms with van der Waals surface area (Å²) in [6.07, 6.45) is 4.59. The van der Waals surface area contributed by atoms with Crippen LogP contribution in [0.15, 0.2) is 0 Å². The highest BCUT2D eigenvalue weighted by Crippen LogP contribution is 2.21. The second-order valence-electron chi connectivity index (χ2n) is 3.76. The summed E-state index contributed by atoms with van der Waals surface area (Å²) < 4.78 is 13.4. The van der Waals surface area contributed by atoms with Crippen molar-refractivity contribution in [2.75, 3.05) is 13.1 Å². The van der Waals surface area contributed by atoms with Crippen molar-refractivity contribution in [3.63, 3.8) is 0 Å². The molecular formula is C10H20FN. The molecule has 0 aromatic rings. The zero-order valence-electron chi connectivity index (χ0n) is 7.98. The highest BCUT2D eigenvalue weighted by Gasteiger charge is 2.21. The van der Waals surface area contributed by atoms with Gasteiger partial charge >= 0.3 is 0 Å². The average Bonchev–Trinajstić information content (AvgIpc) is 2.15. The number of rotatable bonds is 4. The van der Waals surface area contributed by atoms with Gasteiger partial charge < -0.3 is 5.32 Å². The maximum Gasteiger partial charge on any atom is 0.104 e. The van der Waals surface area contributed by atoms with E-state index in [1.807, 2.05) is 0 Å². The Balaban J connectivity index is 2.15. The summed E-state index contributed by atoms with van der Waals surface area (Å²) >= 11 is 0. The molecule has 1 N–H and O–H groups in total. The lowest BCUT2D eigenvalue weighted by atomic mass is 9.92. The molecule has 1 fully saturated rings. The Bertz CT molecular complexity index is 110. The molecule has 0 aliphatic carbocycles. The van der Waals surface area contributed by atoms with Gasteiger partial charge in [-0.3, -0.25) is 0 Å². The summed E-state index contributed by atoms with van der Waals surface area (Å²) in [5.74, 6) is 0.297. The SMILES string of the molecule is CCCCC(F)C1CCCNC1. The van der Waals surface area contributed by atoms with Crippen LogP contribution in [0.4, 0.5) is 4.39 Å². The minimum atomic E-state index is -0.558. The Morgan fingerprint density at radius 1 is 1.58 bits per heavy atom. The molecule has 72 valence electrons. The van der Waals surface area contributed by atoms with E-state index in [0.717, 1.165) is 45.2 Å². The lowest BCUT2D eigenvalue weighted by Crippen LogP contribution is -2.35. The Labute approximate surface area is 74.7 Å². The number of piperidine rings is 1. The third kappa shape index (κ3) is 3.10. The largest absolute Gasteiger partial charge is 0.316 e. The van der Waals surface area contributed by atoms with Gasteiger partial charge in [0.25, 0.3) is 0 Å². The van der Waals surface area contributed by atoms with Crippen molar-refractivity contribution >= 4 is 0 Å². The van der Waals surface area contributed by atoms with Crippen LogP contribution in [0, 0.1) is 5.92 Å². The molecule has 0 amide bonds. The highest BCUT2D eigenvalue weighted by molar-refractivity contribution is 4.75. The monoisotopic (exact) mass is 173 g/mol. The van der Waals surface area contributed by atoms with Gasteiger partial charge in [0.2, 0.25) is 0 Å². The highest BCUT2D eigenvalue weighted by atomic mass is 19.1. The summed E-state index contributed by atoms with van der Waals surface area (Å²) in [7, 11) is 0. The van der Waals surface area contributed by atoms with E-state index in [4.69, 9.17) is 0 Å². The fraction of sp³-hybridized carbons (Fsp3) is 1.00. The standard InChI is InChI=1S/C10H20FN/c1-2-3-6-10(11)9-5-4-7-12-8-9/h9-10,12H,2-8H2,1H3. The van der Waals surface area contributed by atoms with Crippen LogP contribution in [0.5, 0.6) is 0 Å². The minimum absolute atomic E-state index is 0.297. The smallest absolute Gasteiger partial charge is 0.104 e. The third-order valence-corrected chi connectivity index (χ3v) is 2.68. The molecule has 1 aliphatic rings. The van der Waals surface area contributed by atoms with Gasteiger partial charge in [-0.2, -0.15) is 0 Å². The van der Waals surface area contributed by atoms with Crippen molar-refractivity contribution in [3.8, 4) is 0 Å². The first-order valence-electron chi connectivity index (χ1n) is 5.19. The number of hydrogen-bond acceptors (Lipinski definition) is 1. The van der Waals surface area contributed by atoms with Crippen LogP contribution in [-0.2, 0) is 0 Å². The molecule has 12 heavy (non-hydrogen) atoms. The first-order valence-corrected chi connectivity index (χ1v) is 5.19. The van der Waals surface area contributed by atoms with Gasteiger partial charge in [0.1, 0.15) is 6.17 Å². The van der Waals surface area contributed by atoms with Gasteiger partial charge in [0, 0.05) is 12.5 Å². The molecule has 2 heteroatoms. The predicted octanol–water partition coefficient (Wildman–Crippen LogP) is 2.51. The van der Waals surface area contributed by atoms with Crippen molar-refractivity contribution in [3.05, 3.63) is 0 Å². The molecule has 1 nitrogen and oxygen atoms in total. The van der Waals surface area contributed by atoms with Gasteiger partial charge in [-0.15, -0.1) is 0 Å². The summed E-state index contributed by atoms with van der Waals surface area (Å²) in [5, 5.41) is 3.25. The van der Waals surface area contributed by atoms with Gasteiger partial charge in [-0.05, 0) is 25.8 Å². The molecule has 2 atom stereocenters. The summed E-state index contributed by atoms with van der Waals surface area (Å²) in [6.45, 7) is 4.09.